The van der Waals surface area contributed by atoms with Gasteiger partial charge in [-0.2, -0.15) is 4.31 Å². The molecule has 0 spiro atoms. The number of nitrogens with two attached hydrogens (primary N) is 1. The van der Waals surface area contributed by atoms with Crippen LogP contribution in [0.3, 0.4) is 0 Å². The Morgan fingerprint density at radius 1 is 1.40 bits per heavy atom. The Morgan fingerprint density at radius 3 is 2.65 bits per heavy atom. The van der Waals surface area contributed by atoms with Gasteiger partial charge in [-0.25, -0.2) is 8.42 Å². The van der Waals surface area contributed by atoms with Gasteiger partial charge in [-0.1, -0.05) is 0 Å². The number of thiophene rings is 1. The molecular weight excluding hydrogens is 300 g/mol. The molecule has 1 saturated heterocycles. The highest BCUT2D eigenvalue weighted by Crippen LogP contribution is 2.27. The van der Waals surface area contributed by atoms with E-state index in [9.17, 15) is 8.42 Å². The van der Waals surface area contributed by atoms with Crippen LogP contribution >= 0.6 is 11.3 Å². The van der Waals surface area contributed by atoms with Gasteiger partial charge in [0.15, 0.2) is 0 Å². The van der Waals surface area contributed by atoms with Gasteiger partial charge in [-0.3, -0.25) is 0 Å². The lowest BCUT2D eigenvalue weighted by atomic mass is 10.1. The summed E-state index contributed by atoms with van der Waals surface area (Å²) in [4.78, 5) is 0.866. The predicted molar refractivity (Wildman–Crippen MR) is 77.0 cm³/mol. The van der Waals surface area contributed by atoms with Crippen LogP contribution in [-0.2, 0) is 21.3 Å². The van der Waals surface area contributed by atoms with Crippen LogP contribution in [0.4, 0.5) is 0 Å². The first-order valence-electron chi connectivity index (χ1n) is 6.59. The molecule has 114 valence electrons. The van der Waals surface area contributed by atoms with E-state index < -0.39 is 10.0 Å². The summed E-state index contributed by atoms with van der Waals surface area (Å²) in [5.74, 6) is 0. The summed E-state index contributed by atoms with van der Waals surface area (Å²) in [6.45, 7) is 1.57. The fourth-order valence-electron chi connectivity index (χ4n) is 2.19. The lowest BCUT2D eigenvalue weighted by molar-refractivity contribution is 0.00320. The van der Waals surface area contributed by atoms with Gasteiger partial charge >= 0.3 is 0 Å². The normalized spacial score (nSPS) is 18.5. The zero-order valence-corrected chi connectivity index (χ0v) is 12.8. The van der Waals surface area contributed by atoms with E-state index in [1.165, 1.54) is 15.6 Å². The molecule has 0 amide bonds. The van der Waals surface area contributed by atoms with Crippen molar-refractivity contribution in [2.24, 2.45) is 5.73 Å². The smallest absolute Gasteiger partial charge is 0.252 e. The minimum Gasteiger partial charge on any atom is -0.394 e. The molecule has 1 aromatic rings. The fourth-order valence-corrected chi connectivity index (χ4v) is 5.05. The van der Waals surface area contributed by atoms with Crippen LogP contribution in [0.1, 0.15) is 17.7 Å². The maximum Gasteiger partial charge on any atom is 0.252 e. The lowest BCUT2D eigenvalue weighted by Gasteiger charge is -2.30. The molecular formula is C12H20N2O4S2. The Bertz CT molecular complexity index is 521. The number of aliphatic hydroxyl groups is 1. The van der Waals surface area contributed by atoms with E-state index in [-0.39, 0.29) is 12.7 Å². The topological polar surface area (TPSA) is 92.9 Å². The SMILES string of the molecule is NCc1ccc(S(=O)(=O)N2CCC(OCCO)CC2)s1. The van der Waals surface area contributed by atoms with E-state index in [4.69, 9.17) is 15.6 Å². The van der Waals surface area contributed by atoms with Crippen LogP contribution < -0.4 is 5.73 Å². The Morgan fingerprint density at radius 2 is 2.10 bits per heavy atom. The molecule has 0 radical (unpaired) electrons. The minimum absolute atomic E-state index is 0.00439. The van der Waals surface area contributed by atoms with Crippen molar-refractivity contribution < 1.29 is 18.3 Å². The Balaban J connectivity index is 1.98. The van der Waals surface area contributed by atoms with Gasteiger partial charge in [0.25, 0.3) is 10.0 Å². The quantitative estimate of drug-likeness (QED) is 0.790. The molecule has 6 nitrogen and oxygen atoms in total. The van der Waals surface area contributed by atoms with Gasteiger partial charge in [0.2, 0.25) is 0 Å². The molecule has 1 aliphatic rings. The van der Waals surface area contributed by atoms with Gasteiger partial charge in [0, 0.05) is 24.5 Å². The predicted octanol–water partition coefficient (Wildman–Crippen LogP) is 0.369. The van der Waals surface area contributed by atoms with E-state index in [0.29, 0.717) is 43.3 Å². The van der Waals surface area contributed by atoms with Crippen LogP contribution in [0.2, 0.25) is 0 Å². The van der Waals surface area contributed by atoms with Gasteiger partial charge < -0.3 is 15.6 Å². The fraction of sp³-hybridized carbons (Fsp3) is 0.667. The number of nitrogens with zero attached hydrogens (tertiary/aromatic N) is 1. The number of hydrogen-bond donors (Lipinski definition) is 2. The van der Waals surface area contributed by atoms with Crippen molar-refractivity contribution in [1.82, 2.24) is 4.31 Å². The van der Waals surface area contributed by atoms with Crippen LogP contribution in [0.25, 0.3) is 0 Å². The van der Waals surface area contributed by atoms with Crippen molar-refractivity contribution in [3.8, 4) is 0 Å². The number of aliphatic hydroxyl groups excluding tert-OH is 1. The number of hydrogen-bond acceptors (Lipinski definition) is 6. The molecule has 0 aromatic carbocycles. The number of sulfonamides is 1. The van der Waals surface area contributed by atoms with Crippen molar-refractivity contribution in [2.45, 2.75) is 29.7 Å². The molecule has 0 atom stereocenters. The number of rotatable bonds is 6. The largest absolute Gasteiger partial charge is 0.394 e. The second-order valence-electron chi connectivity index (χ2n) is 4.62. The monoisotopic (exact) mass is 320 g/mol. The zero-order valence-electron chi connectivity index (χ0n) is 11.2. The van der Waals surface area contributed by atoms with E-state index in [0.717, 1.165) is 4.88 Å². The van der Waals surface area contributed by atoms with E-state index in [1.807, 2.05) is 0 Å². The first kappa shape index (κ1) is 15.9. The van der Waals surface area contributed by atoms with Crippen molar-refractivity contribution >= 4 is 21.4 Å². The Kier molecular flexibility index (Phi) is 5.53. The number of piperidine rings is 1. The highest BCUT2D eigenvalue weighted by atomic mass is 32.2. The second-order valence-corrected chi connectivity index (χ2v) is 7.96. The van der Waals surface area contributed by atoms with E-state index in [2.05, 4.69) is 0 Å². The first-order valence-corrected chi connectivity index (χ1v) is 8.85. The van der Waals surface area contributed by atoms with Crippen molar-refractivity contribution in [1.29, 1.82) is 0 Å². The molecule has 0 aliphatic carbocycles. The highest BCUT2D eigenvalue weighted by Gasteiger charge is 2.30. The standard InChI is InChI=1S/C12H20N2O4S2/c13-9-11-1-2-12(19-11)20(16,17)14-5-3-10(4-6-14)18-8-7-15/h1-2,10,15H,3-9,13H2. The average Bonchev–Trinajstić information content (AvgIpc) is 2.95. The summed E-state index contributed by atoms with van der Waals surface area (Å²) in [6, 6.07) is 3.38. The molecule has 2 rings (SSSR count). The third-order valence-corrected chi connectivity index (χ3v) is 6.75. The number of ether oxygens (including phenoxy) is 1. The van der Waals surface area contributed by atoms with Crippen LogP contribution in [-0.4, -0.2) is 50.2 Å². The Hall–Kier alpha value is -0.510. The highest BCUT2D eigenvalue weighted by molar-refractivity contribution is 7.91. The molecule has 0 unspecified atom stereocenters. The summed E-state index contributed by atoms with van der Waals surface area (Å²) < 4.78 is 32.2. The molecule has 2 heterocycles. The van der Waals surface area contributed by atoms with E-state index >= 15 is 0 Å². The minimum atomic E-state index is -3.40. The van der Waals surface area contributed by atoms with Crippen molar-refractivity contribution in [2.75, 3.05) is 26.3 Å². The summed E-state index contributed by atoms with van der Waals surface area (Å²) >= 11 is 1.23. The maximum atomic E-state index is 12.5. The molecule has 3 N–H and O–H groups in total. The summed E-state index contributed by atoms with van der Waals surface area (Å²) in [7, 11) is -3.40. The third-order valence-electron chi connectivity index (χ3n) is 3.28. The van der Waals surface area contributed by atoms with Crippen LogP contribution in [0, 0.1) is 0 Å². The lowest BCUT2D eigenvalue weighted by Crippen LogP contribution is -2.40. The van der Waals surface area contributed by atoms with Gasteiger partial charge in [0.1, 0.15) is 4.21 Å². The molecule has 8 heteroatoms. The molecule has 0 saturated carbocycles. The molecule has 0 bridgehead atoms. The van der Waals surface area contributed by atoms with Gasteiger partial charge in [-0.15, -0.1) is 11.3 Å². The average molecular weight is 320 g/mol. The maximum absolute atomic E-state index is 12.5. The summed E-state index contributed by atoms with van der Waals surface area (Å²) in [5.41, 5.74) is 5.51. The summed E-state index contributed by atoms with van der Waals surface area (Å²) in [5, 5.41) is 8.71. The summed E-state index contributed by atoms with van der Waals surface area (Å²) in [6.07, 6.45) is 1.36. The zero-order chi connectivity index (χ0) is 14.6. The molecule has 1 aromatic heterocycles. The first-order chi connectivity index (χ1) is 9.57. The van der Waals surface area contributed by atoms with E-state index in [1.54, 1.807) is 12.1 Å². The molecule has 1 aliphatic heterocycles. The second kappa shape index (κ2) is 6.97. The molecule has 1 fully saturated rings. The van der Waals surface area contributed by atoms with Gasteiger partial charge in [-0.05, 0) is 25.0 Å². The molecule has 20 heavy (non-hydrogen) atoms. The Labute approximate surface area is 123 Å². The third kappa shape index (κ3) is 3.57. The van der Waals surface area contributed by atoms with Gasteiger partial charge in [0.05, 0.1) is 19.3 Å². The van der Waals surface area contributed by atoms with Crippen molar-refractivity contribution in [3.05, 3.63) is 17.0 Å². The van der Waals surface area contributed by atoms with Crippen molar-refractivity contribution in [3.63, 3.8) is 0 Å². The van der Waals surface area contributed by atoms with Crippen LogP contribution in [0.5, 0.6) is 0 Å². The van der Waals surface area contributed by atoms with Crippen LogP contribution in [0.15, 0.2) is 16.3 Å².